The summed E-state index contributed by atoms with van der Waals surface area (Å²) < 4.78 is 0. The van der Waals surface area contributed by atoms with Gasteiger partial charge in [0.15, 0.2) is 0 Å². The van der Waals surface area contributed by atoms with Gasteiger partial charge in [0.1, 0.15) is 23.8 Å². The van der Waals surface area contributed by atoms with Gasteiger partial charge in [0.25, 0.3) is 0 Å². The van der Waals surface area contributed by atoms with Crippen LogP contribution < -0.4 is 10.2 Å². The Labute approximate surface area is 197 Å². The first-order chi connectivity index (χ1) is 14.0. The van der Waals surface area contributed by atoms with Gasteiger partial charge in [-0.3, -0.25) is 19.3 Å². The van der Waals surface area contributed by atoms with Crippen LogP contribution in [0.25, 0.3) is 0 Å². The van der Waals surface area contributed by atoms with Crippen LogP contribution in [0.1, 0.15) is 85.5 Å². The number of Topliss-reactive ketones (excluding diaryl/α,β-unsaturated/α-hetero) is 3. The smallest absolute Gasteiger partial charge is 0.550 e. The van der Waals surface area contributed by atoms with Crippen LogP contribution in [0, 0.1) is 0 Å². The van der Waals surface area contributed by atoms with Gasteiger partial charge >= 0.3 is 27.7 Å². The molecule has 0 saturated carbocycles. The molecule has 176 valence electrons. The molecular weight excluding hydrogens is 448 g/mol. The largest absolute Gasteiger partial charge is 2.00 e. The van der Waals surface area contributed by atoms with E-state index in [1.54, 1.807) is 6.92 Å². The molecule has 0 N–H and O–H groups in total. The Kier molecular flexibility index (Phi) is 30.7. The summed E-state index contributed by atoms with van der Waals surface area (Å²) in [5.41, 5.74) is 0. The first-order valence-electron chi connectivity index (χ1n) is 9.80. The maximum atomic E-state index is 10.9. The molecule has 0 atom stereocenters. The summed E-state index contributed by atoms with van der Waals surface area (Å²) in [7, 11) is 0. The second-order valence-electron chi connectivity index (χ2n) is 6.00. The van der Waals surface area contributed by atoms with Gasteiger partial charge in [-0.2, -0.15) is 4.89 Å². The van der Waals surface area contributed by atoms with E-state index < -0.39 is 30.7 Å². The van der Waals surface area contributed by atoms with E-state index >= 15 is 0 Å². The van der Waals surface area contributed by atoms with Gasteiger partial charge in [0.05, 0.1) is 6.61 Å². The Morgan fingerprint density at radius 2 is 0.935 bits per heavy atom. The summed E-state index contributed by atoms with van der Waals surface area (Å²) in [6.45, 7) is 7.53. The number of rotatable bonds is 14. The van der Waals surface area contributed by atoms with Crippen molar-refractivity contribution in [1.29, 1.82) is 0 Å². The van der Waals surface area contributed by atoms with Crippen molar-refractivity contribution in [1.82, 2.24) is 0 Å². The number of carboxylic acid groups (broad SMARTS) is 2. The van der Waals surface area contributed by atoms with Crippen LogP contribution in [0.2, 0.25) is 0 Å². The fourth-order valence-electron chi connectivity index (χ4n) is 1.74. The molecule has 0 saturated heterocycles. The van der Waals surface area contributed by atoms with Gasteiger partial charge in [-0.15, -0.1) is 0 Å². The summed E-state index contributed by atoms with van der Waals surface area (Å²) in [6.07, 6.45) is 2.19. The molecule has 11 heteroatoms. The molecule has 0 rings (SSSR count). The molecule has 0 aliphatic heterocycles. The fraction of sp³-hybridized carbons (Fsp3) is 0.700. The Morgan fingerprint density at radius 1 is 0.613 bits per heavy atom. The van der Waals surface area contributed by atoms with Crippen LogP contribution in [0.5, 0.6) is 0 Å². The minimum atomic E-state index is -1.28. The summed E-state index contributed by atoms with van der Waals surface area (Å²) in [5.74, 6) is -3.80. The fourth-order valence-corrected chi connectivity index (χ4v) is 1.74. The first-order valence-corrected chi connectivity index (χ1v) is 9.80. The summed E-state index contributed by atoms with van der Waals surface area (Å²) in [4.78, 5) is 70.6. The topological polar surface area (TPSA) is 167 Å². The molecular formula is C20H32O10Ti. The monoisotopic (exact) mass is 480 g/mol. The molecule has 0 aromatic rings. The average molecular weight is 480 g/mol. The number of ketones is 3. The third-order valence-electron chi connectivity index (χ3n) is 2.88. The normalized spacial score (nSPS) is 8.90. The van der Waals surface area contributed by atoms with Crippen molar-refractivity contribution in [3.63, 3.8) is 0 Å². The Morgan fingerprint density at radius 3 is 1.19 bits per heavy atom. The van der Waals surface area contributed by atoms with Gasteiger partial charge < -0.3 is 19.8 Å². The van der Waals surface area contributed by atoms with Gasteiger partial charge in [0, 0.05) is 44.0 Å². The molecule has 0 bridgehead atoms. The third kappa shape index (κ3) is 35.9. The predicted octanol–water partition coefficient (Wildman–Crippen LogP) is 0.229. The van der Waals surface area contributed by atoms with Crippen molar-refractivity contribution in [2.45, 2.75) is 85.5 Å². The third-order valence-corrected chi connectivity index (χ3v) is 2.88. The van der Waals surface area contributed by atoms with Gasteiger partial charge in [-0.1, -0.05) is 20.8 Å². The minimum Gasteiger partial charge on any atom is -0.550 e. The zero-order valence-corrected chi connectivity index (χ0v) is 20.2. The predicted molar refractivity (Wildman–Crippen MR) is 101 cm³/mol. The van der Waals surface area contributed by atoms with E-state index in [4.69, 9.17) is 0 Å². The number of hydrogen-bond donors (Lipinski definition) is 0. The van der Waals surface area contributed by atoms with Gasteiger partial charge in [-0.05, 0) is 26.2 Å². The minimum absolute atomic E-state index is 0. The quantitative estimate of drug-likeness (QED) is 0.145. The molecule has 0 amide bonds. The number of carbonyl (C=O) groups is 6. The van der Waals surface area contributed by atoms with E-state index in [2.05, 4.69) is 9.78 Å². The maximum absolute atomic E-state index is 10.9. The standard InChI is InChI=1S/C8H14O4.2C6H10O3.Ti/c1-3-5-7(9)6-8(10)12-11-4-2;2*1-2-3-5(7)4-6(8)9;/h3-6H2,1-2H3;2*2-4H2,1H3,(H,8,9);/q;;;+2/p-2. The SMILES string of the molecule is CCCC(=O)CC(=O)OOCC.CCCC(=O)CC(=O)[O-].CCCC(=O)CC(=O)[O-].[Ti+2]. The molecule has 31 heavy (non-hydrogen) atoms. The Hall–Kier alpha value is -1.91. The van der Waals surface area contributed by atoms with Crippen LogP contribution in [0.15, 0.2) is 0 Å². The molecule has 0 aromatic heterocycles. The summed E-state index contributed by atoms with van der Waals surface area (Å²) in [5, 5.41) is 19.5. The number of carbonyl (C=O) groups excluding carboxylic acids is 6. The van der Waals surface area contributed by atoms with E-state index in [1.807, 2.05) is 20.8 Å². The van der Waals surface area contributed by atoms with Crippen molar-refractivity contribution in [3.05, 3.63) is 0 Å². The molecule has 0 aliphatic rings. The van der Waals surface area contributed by atoms with Crippen LogP contribution >= 0.6 is 0 Å². The second kappa shape index (κ2) is 26.1. The zero-order chi connectivity index (χ0) is 23.9. The maximum Gasteiger partial charge on any atom is 2.00 e. The number of aliphatic carboxylic acids is 2. The van der Waals surface area contributed by atoms with Crippen molar-refractivity contribution in [3.8, 4) is 0 Å². The Balaban J connectivity index is -0.000000176. The van der Waals surface area contributed by atoms with Crippen molar-refractivity contribution < 1.29 is 70.5 Å². The molecule has 10 nitrogen and oxygen atoms in total. The van der Waals surface area contributed by atoms with Gasteiger partial charge in [0.2, 0.25) is 0 Å². The van der Waals surface area contributed by atoms with E-state index in [0.29, 0.717) is 38.7 Å². The second-order valence-corrected chi connectivity index (χ2v) is 6.00. The molecule has 0 fully saturated rings. The van der Waals surface area contributed by atoms with E-state index in [1.165, 1.54) is 0 Å². The molecule has 0 aliphatic carbocycles. The number of carboxylic acids is 2. The number of hydrogen-bond acceptors (Lipinski definition) is 10. The van der Waals surface area contributed by atoms with Crippen molar-refractivity contribution in [2.75, 3.05) is 6.61 Å². The van der Waals surface area contributed by atoms with Crippen LogP contribution in [-0.4, -0.2) is 41.9 Å². The molecule has 0 heterocycles. The van der Waals surface area contributed by atoms with Crippen LogP contribution in [0.4, 0.5) is 0 Å². The zero-order valence-electron chi connectivity index (χ0n) is 18.7. The average Bonchev–Trinajstić information content (AvgIpc) is 2.60. The van der Waals surface area contributed by atoms with Crippen molar-refractivity contribution >= 4 is 35.3 Å². The molecule has 0 radical (unpaired) electrons. The first kappa shape index (κ1) is 36.5. The summed E-state index contributed by atoms with van der Waals surface area (Å²) >= 11 is 0. The molecule has 0 spiro atoms. The summed E-state index contributed by atoms with van der Waals surface area (Å²) in [6, 6.07) is 0. The molecule has 0 aromatic carbocycles. The van der Waals surface area contributed by atoms with Crippen LogP contribution in [-0.2, 0) is 60.3 Å². The van der Waals surface area contributed by atoms with E-state index in [9.17, 15) is 39.0 Å². The van der Waals surface area contributed by atoms with Gasteiger partial charge in [-0.25, -0.2) is 4.79 Å². The Bertz CT molecular complexity index is 516. The van der Waals surface area contributed by atoms with E-state index in [0.717, 1.165) is 6.42 Å². The van der Waals surface area contributed by atoms with Crippen LogP contribution in [0.3, 0.4) is 0 Å². The van der Waals surface area contributed by atoms with Crippen molar-refractivity contribution in [2.24, 2.45) is 0 Å². The van der Waals surface area contributed by atoms with E-state index in [-0.39, 0.29) is 45.5 Å². The molecule has 0 unspecified atom stereocenters.